The van der Waals surface area contributed by atoms with Gasteiger partial charge in [0.05, 0.1) is 10.6 Å². The fourth-order valence-corrected chi connectivity index (χ4v) is 1.63. The molecule has 0 aliphatic heterocycles. The number of halogens is 4. The number of carbonyl (C=O) groups excluding carboxylic acids is 1. The minimum atomic E-state index is -0.948. The van der Waals surface area contributed by atoms with Crippen LogP contribution in [-0.2, 0) is 0 Å². The second-order valence-electron chi connectivity index (χ2n) is 3.59. The highest BCUT2D eigenvalue weighted by Crippen LogP contribution is 2.21. The Bertz CT molecular complexity index is 626. The van der Waals surface area contributed by atoms with Crippen molar-refractivity contribution < 1.29 is 18.0 Å². The molecule has 0 N–H and O–H groups in total. The van der Waals surface area contributed by atoms with Crippen molar-refractivity contribution in [3.05, 3.63) is 70.0 Å². The van der Waals surface area contributed by atoms with Crippen LogP contribution in [0.5, 0.6) is 0 Å². The molecule has 0 heterocycles. The van der Waals surface area contributed by atoms with E-state index in [-0.39, 0.29) is 5.56 Å². The van der Waals surface area contributed by atoms with Crippen molar-refractivity contribution >= 4 is 17.4 Å². The summed E-state index contributed by atoms with van der Waals surface area (Å²) < 4.78 is 39.6. The predicted octanol–water partition coefficient (Wildman–Crippen LogP) is 3.99. The molecule has 2 aromatic rings. The summed E-state index contributed by atoms with van der Waals surface area (Å²) in [5, 5.41) is -0.414. The van der Waals surface area contributed by atoms with Gasteiger partial charge >= 0.3 is 0 Å². The van der Waals surface area contributed by atoms with Gasteiger partial charge in [0.1, 0.15) is 17.5 Å². The highest BCUT2D eigenvalue weighted by Gasteiger charge is 2.17. The first-order chi connectivity index (χ1) is 8.49. The van der Waals surface area contributed by atoms with Gasteiger partial charge in [-0.15, -0.1) is 0 Å². The fourth-order valence-electron chi connectivity index (χ4n) is 1.48. The Morgan fingerprint density at radius 3 is 2.39 bits per heavy atom. The van der Waals surface area contributed by atoms with Gasteiger partial charge in [-0.1, -0.05) is 23.7 Å². The molecule has 0 aromatic heterocycles. The highest BCUT2D eigenvalue weighted by atomic mass is 35.5. The molecular weight excluding hydrogens is 265 g/mol. The number of rotatable bonds is 2. The van der Waals surface area contributed by atoms with Gasteiger partial charge < -0.3 is 0 Å². The lowest BCUT2D eigenvalue weighted by molar-refractivity contribution is 0.103. The minimum absolute atomic E-state index is 0.0596. The molecule has 0 aliphatic carbocycles. The molecule has 0 bridgehead atoms. The molecule has 0 fully saturated rings. The Kier molecular flexibility index (Phi) is 3.39. The Balaban J connectivity index is 2.49. The Hall–Kier alpha value is -1.81. The van der Waals surface area contributed by atoms with Crippen molar-refractivity contribution in [2.24, 2.45) is 0 Å². The van der Waals surface area contributed by atoms with Crippen molar-refractivity contribution in [2.45, 2.75) is 0 Å². The molecule has 0 unspecified atom stereocenters. The van der Waals surface area contributed by atoms with Crippen LogP contribution in [0.3, 0.4) is 0 Å². The SMILES string of the molecule is O=C(c1cccc(F)c1)c1cc(F)c(Cl)cc1F. The third-order valence-electron chi connectivity index (χ3n) is 2.34. The van der Waals surface area contributed by atoms with Crippen LogP contribution in [0, 0.1) is 17.5 Å². The lowest BCUT2D eigenvalue weighted by Crippen LogP contribution is -2.05. The van der Waals surface area contributed by atoms with Crippen LogP contribution in [0.2, 0.25) is 5.02 Å². The maximum atomic E-state index is 13.5. The van der Waals surface area contributed by atoms with Crippen LogP contribution in [0.25, 0.3) is 0 Å². The first kappa shape index (κ1) is 12.6. The van der Waals surface area contributed by atoms with Crippen molar-refractivity contribution in [1.29, 1.82) is 0 Å². The van der Waals surface area contributed by atoms with Crippen LogP contribution < -0.4 is 0 Å². The van der Waals surface area contributed by atoms with Gasteiger partial charge in [0.25, 0.3) is 0 Å². The number of carbonyl (C=O) groups is 1. The van der Waals surface area contributed by atoms with E-state index in [0.717, 1.165) is 12.1 Å². The van der Waals surface area contributed by atoms with E-state index in [4.69, 9.17) is 11.6 Å². The van der Waals surface area contributed by atoms with Gasteiger partial charge in [-0.25, -0.2) is 13.2 Å². The van der Waals surface area contributed by atoms with Crippen molar-refractivity contribution in [3.8, 4) is 0 Å². The summed E-state index contributed by atoms with van der Waals surface area (Å²) >= 11 is 5.38. The van der Waals surface area contributed by atoms with Crippen LogP contribution in [0.4, 0.5) is 13.2 Å². The van der Waals surface area contributed by atoms with Gasteiger partial charge in [0.2, 0.25) is 0 Å². The topological polar surface area (TPSA) is 17.1 Å². The number of benzene rings is 2. The molecule has 0 radical (unpaired) electrons. The van der Waals surface area contributed by atoms with Crippen LogP contribution in [0.15, 0.2) is 36.4 Å². The average Bonchev–Trinajstić information content (AvgIpc) is 2.33. The second-order valence-corrected chi connectivity index (χ2v) is 3.99. The summed E-state index contributed by atoms with van der Waals surface area (Å²) in [5.41, 5.74) is -0.543. The van der Waals surface area contributed by atoms with Crippen LogP contribution in [0.1, 0.15) is 15.9 Å². The molecule has 0 spiro atoms. The quantitative estimate of drug-likeness (QED) is 0.596. The fraction of sp³-hybridized carbons (Fsp3) is 0. The zero-order chi connectivity index (χ0) is 13.3. The maximum Gasteiger partial charge on any atom is 0.196 e. The van der Waals surface area contributed by atoms with Gasteiger partial charge in [0.15, 0.2) is 5.78 Å². The van der Waals surface area contributed by atoms with E-state index in [1.165, 1.54) is 12.1 Å². The molecule has 1 nitrogen and oxygen atoms in total. The smallest absolute Gasteiger partial charge is 0.196 e. The van der Waals surface area contributed by atoms with Crippen LogP contribution in [-0.4, -0.2) is 5.78 Å². The van der Waals surface area contributed by atoms with E-state index >= 15 is 0 Å². The van der Waals surface area contributed by atoms with Gasteiger partial charge in [-0.05, 0) is 24.3 Å². The normalized spacial score (nSPS) is 10.4. The summed E-state index contributed by atoms with van der Waals surface area (Å²) in [6.45, 7) is 0. The number of hydrogen-bond acceptors (Lipinski definition) is 1. The molecule has 18 heavy (non-hydrogen) atoms. The first-order valence-electron chi connectivity index (χ1n) is 4.94. The van der Waals surface area contributed by atoms with E-state index in [9.17, 15) is 18.0 Å². The molecule has 0 saturated carbocycles. The lowest BCUT2D eigenvalue weighted by Gasteiger charge is -2.04. The molecule has 0 saturated heterocycles. The molecule has 2 aromatic carbocycles. The lowest BCUT2D eigenvalue weighted by atomic mass is 10.0. The Morgan fingerprint density at radius 2 is 1.72 bits per heavy atom. The standard InChI is InChI=1S/C13H6ClF3O/c14-10-6-11(16)9(5-12(10)17)13(18)7-2-1-3-8(15)4-7/h1-6H. The summed E-state index contributed by atoms with van der Waals surface area (Å²) in [4.78, 5) is 11.9. The molecule has 2 rings (SSSR count). The number of ketones is 1. The van der Waals surface area contributed by atoms with E-state index in [1.54, 1.807) is 0 Å². The molecule has 92 valence electrons. The second kappa shape index (κ2) is 4.82. The highest BCUT2D eigenvalue weighted by molar-refractivity contribution is 6.30. The van der Waals surface area contributed by atoms with Gasteiger partial charge in [0, 0.05) is 5.56 Å². The predicted molar refractivity (Wildman–Crippen MR) is 61.2 cm³/mol. The van der Waals surface area contributed by atoms with Crippen molar-refractivity contribution in [2.75, 3.05) is 0 Å². The molecule has 0 amide bonds. The zero-order valence-electron chi connectivity index (χ0n) is 8.88. The minimum Gasteiger partial charge on any atom is -0.288 e. The van der Waals surface area contributed by atoms with Gasteiger partial charge in [-0.2, -0.15) is 0 Å². The first-order valence-corrected chi connectivity index (χ1v) is 5.31. The Labute approximate surface area is 106 Å². The van der Waals surface area contributed by atoms with E-state index in [1.807, 2.05) is 0 Å². The summed E-state index contributed by atoms with van der Waals surface area (Å²) in [5.74, 6) is -3.29. The Morgan fingerprint density at radius 1 is 1.00 bits per heavy atom. The van der Waals surface area contributed by atoms with E-state index in [2.05, 4.69) is 0 Å². The molecular formula is C13H6ClF3O. The van der Waals surface area contributed by atoms with Crippen molar-refractivity contribution in [3.63, 3.8) is 0 Å². The van der Waals surface area contributed by atoms with Gasteiger partial charge in [-0.3, -0.25) is 4.79 Å². The molecule has 0 atom stereocenters. The summed E-state index contributed by atoms with van der Waals surface area (Å²) in [7, 11) is 0. The van der Waals surface area contributed by atoms with E-state index in [0.29, 0.717) is 12.1 Å². The van der Waals surface area contributed by atoms with Crippen molar-refractivity contribution in [1.82, 2.24) is 0 Å². The largest absolute Gasteiger partial charge is 0.288 e. The summed E-state index contributed by atoms with van der Waals surface area (Å²) in [6, 6.07) is 6.14. The summed E-state index contributed by atoms with van der Waals surface area (Å²) in [6.07, 6.45) is 0. The zero-order valence-corrected chi connectivity index (χ0v) is 9.64. The van der Waals surface area contributed by atoms with Crippen LogP contribution >= 0.6 is 11.6 Å². The number of hydrogen-bond donors (Lipinski definition) is 0. The third kappa shape index (κ3) is 2.38. The molecule has 5 heteroatoms. The average molecular weight is 271 g/mol. The van der Waals surface area contributed by atoms with E-state index < -0.39 is 33.8 Å². The molecule has 0 aliphatic rings. The maximum absolute atomic E-state index is 13.5. The monoisotopic (exact) mass is 270 g/mol. The third-order valence-corrected chi connectivity index (χ3v) is 2.63.